The molecule has 0 aliphatic carbocycles. The van der Waals surface area contributed by atoms with E-state index in [0.717, 1.165) is 17.7 Å². The zero-order chi connectivity index (χ0) is 18.9. The van der Waals surface area contributed by atoms with Crippen LogP contribution in [0.4, 0.5) is 13.2 Å². The van der Waals surface area contributed by atoms with Gasteiger partial charge in [0.15, 0.2) is 0 Å². The molecule has 0 atom stereocenters. The van der Waals surface area contributed by atoms with E-state index in [0.29, 0.717) is 24.6 Å². The van der Waals surface area contributed by atoms with Gasteiger partial charge < -0.3 is 0 Å². The van der Waals surface area contributed by atoms with Gasteiger partial charge in [0.05, 0.1) is 23.5 Å². The average molecular weight is 385 g/mol. The zero-order valence-electron chi connectivity index (χ0n) is 14.0. The summed E-state index contributed by atoms with van der Waals surface area (Å²) in [5.41, 5.74) is 0.906. The van der Waals surface area contributed by atoms with Gasteiger partial charge >= 0.3 is 6.18 Å². The fourth-order valence-corrected chi connectivity index (χ4v) is 2.92. The minimum Gasteiger partial charge on any atom is -0.295 e. The first-order valence-corrected chi connectivity index (χ1v) is 8.08. The maximum absolute atomic E-state index is 12.9. The van der Waals surface area contributed by atoms with E-state index in [1.807, 2.05) is 11.9 Å². The van der Waals surface area contributed by atoms with Crippen LogP contribution < -0.4 is 0 Å². The van der Waals surface area contributed by atoms with E-state index in [1.165, 1.54) is 23.1 Å². The number of rotatable bonds is 5. The lowest BCUT2D eigenvalue weighted by molar-refractivity contribution is -0.137. The molecule has 0 saturated heterocycles. The predicted molar refractivity (Wildman–Crippen MR) is 89.9 cm³/mol. The highest BCUT2D eigenvalue weighted by atomic mass is 35.5. The Labute approximate surface area is 152 Å². The molecule has 6 nitrogen and oxygen atoms in total. The lowest BCUT2D eigenvalue weighted by atomic mass is 10.2. The molecule has 0 amide bonds. The largest absolute Gasteiger partial charge is 0.416 e. The molecule has 2 aromatic heterocycles. The van der Waals surface area contributed by atoms with E-state index in [-0.39, 0.29) is 10.8 Å². The lowest BCUT2D eigenvalue weighted by Gasteiger charge is -2.15. The third-order valence-corrected chi connectivity index (χ3v) is 4.24. The highest BCUT2D eigenvalue weighted by Crippen LogP contribution is 2.32. The molecular weight excluding hydrogens is 369 g/mol. The Bertz CT molecular complexity index is 888. The molecule has 2 heterocycles. The van der Waals surface area contributed by atoms with Crippen LogP contribution in [0.25, 0.3) is 5.69 Å². The number of halogens is 4. The molecule has 1 N–H and O–H groups in total. The molecule has 0 unspecified atom stereocenters. The second-order valence-corrected chi connectivity index (χ2v) is 6.28. The number of nitrogens with one attached hydrogen (secondary N) is 1. The van der Waals surface area contributed by atoms with Crippen molar-refractivity contribution in [2.45, 2.75) is 26.2 Å². The molecule has 1 aromatic carbocycles. The highest BCUT2D eigenvalue weighted by Gasteiger charge is 2.31. The third-order valence-electron chi connectivity index (χ3n) is 3.85. The van der Waals surface area contributed by atoms with Crippen LogP contribution in [0, 0.1) is 6.92 Å². The Hall–Kier alpha value is -2.39. The summed E-state index contributed by atoms with van der Waals surface area (Å²) in [5, 5.41) is 11.2. The van der Waals surface area contributed by atoms with E-state index in [2.05, 4.69) is 20.3 Å². The van der Waals surface area contributed by atoms with Crippen LogP contribution in [0.15, 0.2) is 30.6 Å². The summed E-state index contributed by atoms with van der Waals surface area (Å²) in [5.74, 6) is 0.701. The predicted octanol–water partition coefficient (Wildman–Crippen LogP) is 3.60. The number of alkyl halides is 3. The van der Waals surface area contributed by atoms with Crippen LogP contribution in [0.1, 0.15) is 22.6 Å². The molecule has 0 fully saturated rings. The van der Waals surface area contributed by atoms with Gasteiger partial charge in [-0.2, -0.15) is 23.4 Å². The number of aromatic amines is 1. The van der Waals surface area contributed by atoms with Crippen LogP contribution in [0.3, 0.4) is 0 Å². The summed E-state index contributed by atoms with van der Waals surface area (Å²) in [6, 6.07) is 4.91. The van der Waals surface area contributed by atoms with Crippen LogP contribution >= 0.6 is 11.6 Å². The first-order valence-electron chi connectivity index (χ1n) is 7.70. The van der Waals surface area contributed by atoms with E-state index in [1.54, 1.807) is 6.92 Å². The van der Waals surface area contributed by atoms with Gasteiger partial charge in [-0.3, -0.25) is 10.00 Å². The molecule has 0 bridgehead atoms. The molecule has 0 aliphatic rings. The van der Waals surface area contributed by atoms with Crippen LogP contribution in [0.2, 0.25) is 5.15 Å². The number of nitrogens with zero attached hydrogens (tertiary/aromatic N) is 5. The van der Waals surface area contributed by atoms with Crippen molar-refractivity contribution in [1.29, 1.82) is 0 Å². The number of hydrogen-bond donors (Lipinski definition) is 1. The second kappa shape index (κ2) is 7.08. The summed E-state index contributed by atoms with van der Waals surface area (Å²) in [6.07, 6.45) is -3.00. The normalized spacial score (nSPS) is 12.1. The van der Waals surface area contributed by atoms with Crippen LogP contribution in [0.5, 0.6) is 0 Å². The fraction of sp³-hybridized carbons (Fsp3) is 0.312. The van der Waals surface area contributed by atoms with Gasteiger partial charge in [0.25, 0.3) is 0 Å². The van der Waals surface area contributed by atoms with Crippen molar-refractivity contribution >= 4 is 11.6 Å². The Balaban J connectivity index is 1.86. The van der Waals surface area contributed by atoms with E-state index < -0.39 is 11.7 Å². The maximum Gasteiger partial charge on any atom is 0.416 e. The van der Waals surface area contributed by atoms with Gasteiger partial charge in [-0.25, -0.2) is 9.67 Å². The van der Waals surface area contributed by atoms with Crippen molar-refractivity contribution in [2.24, 2.45) is 0 Å². The number of hydrogen-bond acceptors (Lipinski definition) is 4. The fourth-order valence-electron chi connectivity index (χ4n) is 2.58. The third kappa shape index (κ3) is 3.88. The number of aryl methyl sites for hydroxylation is 1. The summed E-state index contributed by atoms with van der Waals surface area (Å²) in [7, 11) is 1.87. The van der Waals surface area contributed by atoms with Crippen molar-refractivity contribution in [3.05, 3.63) is 58.4 Å². The van der Waals surface area contributed by atoms with Crippen LogP contribution in [-0.2, 0) is 19.3 Å². The topological polar surface area (TPSA) is 62.6 Å². The quantitative estimate of drug-likeness (QED) is 0.730. The van der Waals surface area contributed by atoms with E-state index in [4.69, 9.17) is 11.6 Å². The zero-order valence-corrected chi connectivity index (χ0v) is 14.8. The molecular formula is C16H16ClF3N6. The summed E-state index contributed by atoms with van der Waals surface area (Å²) in [4.78, 5) is 6.01. The van der Waals surface area contributed by atoms with Gasteiger partial charge in [0, 0.05) is 12.1 Å². The standard InChI is InChI=1S/C16H16ClF3N6/c1-10-13(7-25(2)8-14-21-9-22-23-14)15(17)26(24-10)12-5-3-4-11(6-12)16(18,19)20/h3-6,9H,7-8H2,1-2H3,(H,21,22,23). The van der Waals surface area contributed by atoms with Crippen molar-refractivity contribution in [3.8, 4) is 5.69 Å². The molecule has 0 radical (unpaired) electrons. The monoisotopic (exact) mass is 384 g/mol. The minimum absolute atomic E-state index is 0.261. The van der Waals surface area contributed by atoms with Gasteiger partial charge in [-0.1, -0.05) is 17.7 Å². The van der Waals surface area contributed by atoms with Crippen molar-refractivity contribution in [2.75, 3.05) is 7.05 Å². The van der Waals surface area contributed by atoms with Gasteiger partial charge in [-0.15, -0.1) is 0 Å². The Morgan fingerprint density at radius 1 is 1.27 bits per heavy atom. The van der Waals surface area contributed by atoms with Crippen LogP contribution in [-0.4, -0.2) is 36.9 Å². The van der Waals surface area contributed by atoms with Crippen molar-refractivity contribution in [1.82, 2.24) is 29.9 Å². The number of benzene rings is 1. The lowest BCUT2D eigenvalue weighted by Crippen LogP contribution is -2.18. The average Bonchev–Trinajstić information content (AvgIpc) is 3.17. The summed E-state index contributed by atoms with van der Waals surface area (Å²) >= 11 is 6.41. The maximum atomic E-state index is 12.9. The Morgan fingerprint density at radius 3 is 2.69 bits per heavy atom. The molecule has 26 heavy (non-hydrogen) atoms. The second-order valence-electron chi connectivity index (χ2n) is 5.92. The van der Waals surface area contributed by atoms with Gasteiger partial charge in [-0.05, 0) is 32.2 Å². The highest BCUT2D eigenvalue weighted by molar-refractivity contribution is 6.30. The minimum atomic E-state index is -4.43. The molecule has 10 heteroatoms. The van der Waals surface area contributed by atoms with Crippen molar-refractivity contribution < 1.29 is 13.2 Å². The SMILES string of the molecule is Cc1nn(-c2cccc(C(F)(F)F)c2)c(Cl)c1CN(C)Cc1ncn[nH]1. The molecule has 0 spiro atoms. The molecule has 138 valence electrons. The Morgan fingerprint density at radius 2 is 2.04 bits per heavy atom. The number of aromatic nitrogens is 5. The van der Waals surface area contributed by atoms with Gasteiger partial charge in [0.1, 0.15) is 17.3 Å². The molecule has 0 saturated carbocycles. The molecule has 3 rings (SSSR count). The van der Waals surface area contributed by atoms with E-state index >= 15 is 0 Å². The first-order chi connectivity index (χ1) is 12.3. The first kappa shape index (κ1) is 18.4. The van der Waals surface area contributed by atoms with Gasteiger partial charge in [0.2, 0.25) is 0 Å². The summed E-state index contributed by atoms with van der Waals surface area (Å²) in [6.45, 7) is 2.75. The smallest absolute Gasteiger partial charge is 0.295 e. The number of H-pyrrole nitrogens is 1. The summed E-state index contributed by atoms with van der Waals surface area (Å²) < 4.78 is 40.1. The molecule has 0 aliphatic heterocycles. The Kier molecular flexibility index (Phi) is 5.01. The van der Waals surface area contributed by atoms with E-state index in [9.17, 15) is 13.2 Å². The van der Waals surface area contributed by atoms with Crippen molar-refractivity contribution in [3.63, 3.8) is 0 Å². The molecule has 3 aromatic rings.